The number of esters is 1. The third-order valence-corrected chi connectivity index (χ3v) is 5.50. The van der Waals surface area contributed by atoms with Gasteiger partial charge in [0.25, 0.3) is 0 Å². The van der Waals surface area contributed by atoms with Crippen molar-refractivity contribution < 1.29 is 19.4 Å². The van der Waals surface area contributed by atoms with Gasteiger partial charge in [0.15, 0.2) is 0 Å². The zero-order chi connectivity index (χ0) is 22.5. The molecule has 0 saturated heterocycles. The summed E-state index contributed by atoms with van der Waals surface area (Å²) in [6, 6.07) is 22.3. The summed E-state index contributed by atoms with van der Waals surface area (Å²) in [7, 11) is 1.36. The van der Waals surface area contributed by atoms with Crippen LogP contribution in [0.15, 0.2) is 77.8 Å². The maximum atomic E-state index is 11.8. The molecule has 6 heteroatoms. The SMILES string of the molecule is CCOc1ccc(C2=N[C@H](c3ccc(C(=O)OC)cc3)N[C@H](c3ccccc3O)C2)cc1. The van der Waals surface area contributed by atoms with Crippen LogP contribution in [0.3, 0.4) is 0 Å². The van der Waals surface area contributed by atoms with E-state index in [2.05, 4.69) is 5.32 Å². The molecule has 32 heavy (non-hydrogen) atoms. The Hall–Kier alpha value is -3.64. The lowest BCUT2D eigenvalue weighted by Gasteiger charge is -2.31. The van der Waals surface area contributed by atoms with Crippen LogP contribution < -0.4 is 10.1 Å². The number of carbonyl (C=O) groups is 1. The van der Waals surface area contributed by atoms with Crippen molar-refractivity contribution in [2.24, 2.45) is 4.99 Å². The van der Waals surface area contributed by atoms with E-state index in [4.69, 9.17) is 14.5 Å². The first-order valence-corrected chi connectivity index (χ1v) is 10.6. The number of methoxy groups -OCH3 is 1. The number of ether oxygens (including phenoxy) is 2. The predicted molar refractivity (Wildman–Crippen MR) is 123 cm³/mol. The highest BCUT2D eigenvalue weighted by molar-refractivity contribution is 6.01. The molecule has 4 rings (SSSR count). The average molecular weight is 431 g/mol. The molecule has 6 nitrogen and oxygen atoms in total. The number of hydrogen-bond acceptors (Lipinski definition) is 6. The molecule has 0 aromatic heterocycles. The zero-order valence-corrected chi connectivity index (χ0v) is 18.1. The molecule has 0 bridgehead atoms. The van der Waals surface area contributed by atoms with Crippen molar-refractivity contribution in [2.75, 3.05) is 13.7 Å². The number of phenolic OH excluding ortho intramolecular Hbond substituents is 1. The second-order valence-electron chi connectivity index (χ2n) is 7.53. The van der Waals surface area contributed by atoms with Crippen LogP contribution in [-0.2, 0) is 4.74 Å². The van der Waals surface area contributed by atoms with Crippen LogP contribution in [0, 0.1) is 0 Å². The predicted octanol–water partition coefficient (Wildman–Crippen LogP) is 4.80. The lowest BCUT2D eigenvalue weighted by atomic mass is 9.93. The lowest BCUT2D eigenvalue weighted by molar-refractivity contribution is 0.0600. The first-order chi connectivity index (χ1) is 15.6. The van der Waals surface area contributed by atoms with E-state index < -0.39 is 0 Å². The molecule has 164 valence electrons. The van der Waals surface area contributed by atoms with Gasteiger partial charge in [0.05, 0.1) is 19.3 Å². The van der Waals surface area contributed by atoms with Crippen LogP contribution in [0.2, 0.25) is 0 Å². The van der Waals surface area contributed by atoms with Crippen molar-refractivity contribution in [2.45, 2.75) is 25.6 Å². The van der Waals surface area contributed by atoms with E-state index in [1.54, 1.807) is 18.2 Å². The fraction of sp³-hybridized carbons (Fsp3) is 0.231. The van der Waals surface area contributed by atoms with Gasteiger partial charge in [0.1, 0.15) is 17.7 Å². The van der Waals surface area contributed by atoms with E-state index in [-0.39, 0.29) is 23.9 Å². The van der Waals surface area contributed by atoms with Crippen molar-refractivity contribution in [3.05, 3.63) is 95.1 Å². The molecule has 0 aliphatic carbocycles. The Morgan fingerprint density at radius 1 is 1.06 bits per heavy atom. The summed E-state index contributed by atoms with van der Waals surface area (Å²) in [6.45, 7) is 2.57. The Kier molecular flexibility index (Phi) is 6.52. The molecule has 0 saturated carbocycles. The van der Waals surface area contributed by atoms with Gasteiger partial charge in [-0.1, -0.05) is 30.3 Å². The molecule has 3 aromatic rings. The van der Waals surface area contributed by atoms with Crippen LogP contribution in [0.25, 0.3) is 0 Å². The third-order valence-electron chi connectivity index (χ3n) is 5.50. The van der Waals surface area contributed by atoms with E-state index in [0.29, 0.717) is 18.6 Å². The molecule has 1 aliphatic heterocycles. The smallest absolute Gasteiger partial charge is 0.337 e. The Labute approximate surface area is 187 Å². The number of aliphatic imine (C=N–C) groups is 1. The van der Waals surface area contributed by atoms with Crippen LogP contribution in [0.5, 0.6) is 11.5 Å². The summed E-state index contributed by atoms with van der Waals surface area (Å²) in [5.74, 6) is 0.689. The first kappa shape index (κ1) is 21.6. The van der Waals surface area contributed by atoms with E-state index >= 15 is 0 Å². The van der Waals surface area contributed by atoms with Crippen LogP contribution in [0.4, 0.5) is 0 Å². The van der Waals surface area contributed by atoms with Gasteiger partial charge in [-0.3, -0.25) is 10.3 Å². The lowest BCUT2D eigenvalue weighted by Crippen LogP contribution is -2.33. The topological polar surface area (TPSA) is 80.2 Å². The summed E-state index contributed by atoms with van der Waals surface area (Å²) in [5.41, 5.74) is 4.16. The van der Waals surface area contributed by atoms with Gasteiger partial charge < -0.3 is 14.6 Å². The van der Waals surface area contributed by atoms with E-state index in [0.717, 1.165) is 28.2 Å². The molecular formula is C26H26N2O4. The largest absolute Gasteiger partial charge is 0.508 e. The van der Waals surface area contributed by atoms with Crippen LogP contribution in [-0.4, -0.2) is 30.5 Å². The van der Waals surface area contributed by atoms with Crippen molar-refractivity contribution >= 4 is 11.7 Å². The summed E-state index contributed by atoms with van der Waals surface area (Å²) >= 11 is 0. The molecule has 2 atom stereocenters. The number of carbonyl (C=O) groups excluding carboxylic acids is 1. The highest BCUT2D eigenvalue weighted by atomic mass is 16.5. The standard InChI is InChI=1S/C26H26N2O4/c1-3-32-20-14-12-17(13-15-20)22-16-23(21-6-4-5-7-24(21)29)28-25(27-22)18-8-10-19(11-9-18)26(30)31-2/h4-15,23,25,28-29H,3,16H2,1-2H3/t23-,25-/m0/s1. The van der Waals surface area contributed by atoms with E-state index in [1.165, 1.54) is 7.11 Å². The summed E-state index contributed by atoms with van der Waals surface area (Å²) in [4.78, 5) is 16.7. The number of nitrogens with zero attached hydrogens (tertiary/aromatic N) is 1. The van der Waals surface area contributed by atoms with Crippen LogP contribution in [0.1, 0.15) is 52.6 Å². The van der Waals surface area contributed by atoms with Gasteiger partial charge >= 0.3 is 5.97 Å². The number of benzene rings is 3. The molecule has 0 fully saturated rings. The molecular weight excluding hydrogens is 404 g/mol. The Morgan fingerprint density at radius 2 is 1.78 bits per heavy atom. The maximum Gasteiger partial charge on any atom is 0.337 e. The highest BCUT2D eigenvalue weighted by Crippen LogP contribution is 2.34. The Balaban J connectivity index is 1.69. The molecule has 0 unspecified atom stereocenters. The van der Waals surface area contributed by atoms with Crippen molar-refractivity contribution in [1.29, 1.82) is 0 Å². The quantitative estimate of drug-likeness (QED) is 0.549. The highest BCUT2D eigenvalue weighted by Gasteiger charge is 2.27. The molecule has 2 N–H and O–H groups in total. The van der Waals surface area contributed by atoms with E-state index in [9.17, 15) is 9.90 Å². The normalized spacial score (nSPS) is 18.0. The number of nitrogens with one attached hydrogen (secondary N) is 1. The number of para-hydroxylation sites is 1. The second-order valence-corrected chi connectivity index (χ2v) is 7.53. The molecule has 0 radical (unpaired) electrons. The minimum atomic E-state index is -0.376. The minimum absolute atomic E-state index is 0.124. The first-order valence-electron chi connectivity index (χ1n) is 10.6. The van der Waals surface area contributed by atoms with Gasteiger partial charge in [-0.25, -0.2) is 4.79 Å². The van der Waals surface area contributed by atoms with Gasteiger partial charge in [0.2, 0.25) is 0 Å². The van der Waals surface area contributed by atoms with Crippen LogP contribution >= 0.6 is 0 Å². The van der Waals surface area contributed by atoms with Gasteiger partial charge in [0, 0.05) is 23.7 Å². The number of hydrogen-bond donors (Lipinski definition) is 2. The Bertz CT molecular complexity index is 1110. The van der Waals surface area contributed by atoms with Crippen molar-refractivity contribution in [1.82, 2.24) is 5.32 Å². The summed E-state index contributed by atoms with van der Waals surface area (Å²) < 4.78 is 10.4. The monoisotopic (exact) mass is 430 g/mol. The van der Waals surface area contributed by atoms with Crippen molar-refractivity contribution in [3.8, 4) is 11.5 Å². The minimum Gasteiger partial charge on any atom is -0.508 e. The van der Waals surface area contributed by atoms with Gasteiger partial charge in [-0.2, -0.15) is 0 Å². The Morgan fingerprint density at radius 3 is 2.44 bits per heavy atom. The maximum absolute atomic E-state index is 11.8. The van der Waals surface area contributed by atoms with E-state index in [1.807, 2.05) is 61.5 Å². The number of phenols is 1. The number of aromatic hydroxyl groups is 1. The molecule has 0 amide bonds. The zero-order valence-electron chi connectivity index (χ0n) is 18.1. The fourth-order valence-electron chi connectivity index (χ4n) is 3.86. The molecule has 3 aromatic carbocycles. The van der Waals surface area contributed by atoms with Gasteiger partial charge in [-0.05, 0) is 60.5 Å². The average Bonchev–Trinajstić information content (AvgIpc) is 2.84. The molecule has 1 aliphatic rings. The summed E-state index contributed by atoms with van der Waals surface area (Å²) in [6.07, 6.45) is 0.295. The number of rotatable bonds is 6. The third kappa shape index (κ3) is 4.65. The fourth-order valence-corrected chi connectivity index (χ4v) is 3.86. The second kappa shape index (κ2) is 9.66. The summed E-state index contributed by atoms with van der Waals surface area (Å²) in [5, 5.41) is 14.0. The molecule has 1 heterocycles. The van der Waals surface area contributed by atoms with Gasteiger partial charge in [-0.15, -0.1) is 0 Å². The molecule has 0 spiro atoms. The van der Waals surface area contributed by atoms with Crippen molar-refractivity contribution in [3.63, 3.8) is 0 Å².